The number of amides is 1. The van der Waals surface area contributed by atoms with Gasteiger partial charge in [0, 0.05) is 44.1 Å². The molecular formula is C22H30FN5O. The number of benzene rings is 1. The van der Waals surface area contributed by atoms with Gasteiger partial charge in [-0.05, 0) is 43.6 Å². The van der Waals surface area contributed by atoms with Gasteiger partial charge in [-0.2, -0.15) is 0 Å². The molecule has 29 heavy (non-hydrogen) atoms. The Balaban J connectivity index is 1.56. The number of likely N-dealkylation sites (N-methyl/N-ethyl adjacent to an activating group) is 1. The van der Waals surface area contributed by atoms with Crippen molar-refractivity contribution < 1.29 is 9.18 Å². The van der Waals surface area contributed by atoms with E-state index in [-0.39, 0.29) is 17.6 Å². The van der Waals surface area contributed by atoms with Crippen molar-refractivity contribution in [3.8, 4) is 11.1 Å². The largest absolute Gasteiger partial charge is 0.355 e. The summed E-state index contributed by atoms with van der Waals surface area (Å²) in [5.74, 6) is 0.397. The second-order valence-corrected chi connectivity index (χ2v) is 7.39. The normalized spacial score (nSPS) is 16.8. The first-order valence-corrected chi connectivity index (χ1v) is 10.4. The molecule has 1 aromatic heterocycles. The quantitative estimate of drug-likeness (QED) is 0.740. The zero-order chi connectivity index (χ0) is 20.6. The lowest BCUT2D eigenvalue weighted by Crippen LogP contribution is -2.45. The molecule has 156 valence electrons. The number of piperidine rings is 1. The molecule has 2 heterocycles. The maximum Gasteiger partial charge on any atom is 0.225 e. The second-order valence-electron chi connectivity index (χ2n) is 7.39. The Morgan fingerprint density at radius 1 is 1.24 bits per heavy atom. The summed E-state index contributed by atoms with van der Waals surface area (Å²) in [5.41, 5.74) is 1.52. The lowest BCUT2D eigenvalue weighted by molar-refractivity contribution is -0.125. The molecule has 1 fully saturated rings. The summed E-state index contributed by atoms with van der Waals surface area (Å²) in [5, 5.41) is 3.08. The average molecular weight is 400 g/mol. The van der Waals surface area contributed by atoms with E-state index < -0.39 is 0 Å². The summed E-state index contributed by atoms with van der Waals surface area (Å²) >= 11 is 0. The Kier molecular flexibility index (Phi) is 7.52. The van der Waals surface area contributed by atoms with Gasteiger partial charge in [-0.25, -0.2) is 14.4 Å². The van der Waals surface area contributed by atoms with Crippen molar-refractivity contribution >= 4 is 11.9 Å². The molecule has 1 atom stereocenters. The van der Waals surface area contributed by atoms with Crippen LogP contribution in [0.15, 0.2) is 36.7 Å². The van der Waals surface area contributed by atoms with Crippen LogP contribution in [0, 0.1) is 11.7 Å². The van der Waals surface area contributed by atoms with Crippen molar-refractivity contribution in [2.45, 2.75) is 26.7 Å². The van der Waals surface area contributed by atoms with Crippen LogP contribution in [0.3, 0.4) is 0 Å². The molecule has 0 aliphatic carbocycles. The third kappa shape index (κ3) is 5.73. The van der Waals surface area contributed by atoms with Gasteiger partial charge in [0.15, 0.2) is 0 Å². The molecule has 0 radical (unpaired) electrons. The molecule has 7 heteroatoms. The van der Waals surface area contributed by atoms with Crippen LogP contribution in [-0.4, -0.2) is 60.0 Å². The van der Waals surface area contributed by atoms with E-state index in [9.17, 15) is 9.18 Å². The first kappa shape index (κ1) is 21.2. The smallest absolute Gasteiger partial charge is 0.225 e. The molecule has 1 amide bonds. The molecule has 1 saturated heterocycles. The SMILES string of the molecule is CCN(CC)CCNC(=O)[C@@H]1CCCN(c2ncc(-c3cccc(F)c3)cn2)C1. The molecule has 0 unspecified atom stereocenters. The molecule has 1 aliphatic rings. The molecule has 1 aromatic carbocycles. The summed E-state index contributed by atoms with van der Waals surface area (Å²) < 4.78 is 13.4. The first-order chi connectivity index (χ1) is 14.1. The number of nitrogens with zero attached hydrogens (tertiary/aromatic N) is 4. The average Bonchev–Trinajstić information content (AvgIpc) is 2.77. The number of hydrogen-bond donors (Lipinski definition) is 1. The van der Waals surface area contributed by atoms with Crippen molar-refractivity contribution in [1.82, 2.24) is 20.2 Å². The molecule has 0 spiro atoms. The number of aromatic nitrogens is 2. The molecule has 1 N–H and O–H groups in total. The predicted octanol–water partition coefficient (Wildman–Crippen LogP) is 2.96. The highest BCUT2D eigenvalue weighted by atomic mass is 19.1. The van der Waals surface area contributed by atoms with E-state index in [0.29, 0.717) is 19.0 Å². The molecule has 6 nitrogen and oxygen atoms in total. The molecule has 0 saturated carbocycles. The highest BCUT2D eigenvalue weighted by molar-refractivity contribution is 5.79. The minimum atomic E-state index is -0.280. The zero-order valence-corrected chi connectivity index (χ0v) is 17.3. The van der Waals surface area contributed by atoms with E-state index in [1.54, 1.807) is 18.5 Å². The first-order valence-electron chi connectivity index (χ1n) is 10.4. The number of nitrogens with one attached hydrogen (secondary N) is 1. The maximum atomic E-state index is 13.4. The minimum Gasteiger partial charge on any atom is -0.355 e. The highest BCUT2D eigenvalue weighted by Crippen LogP contribution is 2.23. The Bertz CT molecular complexity index is 794. The number of hydrogen-bond acceptors (Lipinski definition) is 5. The highest BCUT2D eigenvalue weighted by Gasteiger charge is 2.27. The monoisotopic (exact) mass is 399 g/mol. The van der Waals surface area contributed by atoms with Gasteiger partial charge in [0.2, 0.25) is 11.9 Å². The van der Waals surface area contributed by atoms with Crippen LogP contribution in [0.2, 0.25) is 0 Å². The molecule has 1 aliphatic heterocycles. The summed E-state index contributed by atoms with van der Waals surface area (Å²) in [6, 6.07) is 6.39. The molecule has 2 aromatic rings. The molecule has 3 rings (SSSR count). The molecule has 0 bridgehead atoms. The van der Waals surface area contributed by atoms with E-state index in [4.69, 9.17) is 0 Å². The van der Waals surface area contributed by atoms with Crippen LogP contribution >= 0.6 is 0 Å². The van der Waals surface area contributed by atoms with Gasteiger partial charge in [0.1, 0.15) is 5.82 Å². The van der Waals surface area contributed by atoms with Crippen LogP contribution in [0.25, 0.3) is 11.1 Å². The summed E-state index contributed by atoms with van der Waals surface area (Å²) in [4.78, 5) is 25.9. The van der Waals surface area contributed by atoms with Gasteiger partial charge in [0.05, 0.1) is 5.92 Å². The van der Waals surface area contributed by atoms with Gasteiger partial charge in [0.25, 0.3) is 0 Å². The second kappa shape index (κ2) is 10.3. The topological polar surface area (TPSA) is 61.4 Å². The lowest BCUT2D eigenvalue weighted by Gasteiger charge is -2.32. The van der Waals surface area contributed by atoms with E-state index >= 15 is 0 Å². The number of rotatable bonds is 8. The van der Waals surface area contributed by atoms with Gasteiger partial charge in [-0.1, -0.05) is 26.0 Å². The van der Waals surface area contributed by atoms with Gasteiger partial charge in [-0.15, -0.1) is 0 Å². The van der Waals surface area contributed by atoms with Gasteiger partial charge >= 0.3 is 0 Å². The van der Waals surface area contributed by atoms with Crippen molar-refractivity contribution in [2.75, 3.05) is 44.2 Å². The summed E-state index contributed by atoms with van der Waals surface area (Å²) in [7, 11) is 0. The fourth-order valence-corrected chi connectivity index (χ4v) is 3.70. The number of anilines is 1. The number of carbonyl (C=O) groups excluding carboxylic acids is 1. The van der Waals surface area contributed by atoms with E-state index in [2.05, 4.69) is 38.9 Å². The van der Waals surface area contributed by atoms with Crippen LogP contribution in [0.4, 0.5) is 10.3 Å². The summed E-state index contributed by atoms with van der Waals surface area (Å²) in [6.07, 6.45) is 5.24. The van der Waals surface area contributed by atoms with Crippen LogP contribution < -0.4 is 10.2 Å². The van der Waals surface area contributed by atoms with Crippen LogP contribution in [-0.2, 0) is 4.79 Å². The third-order valence-electron chi connectivity index (χ3n) is 5.49. The predicted molar refractivity (Wildman–Crippen MR) is 113 cm³/mol. The standard InChI is InChI=1S/C22H30FN5O/c1-3-27(4-2)12-10-24-21(29)18-8-6-11-28(16-18)22-25-14-19(15-26-22)17-7-5-9-20(23)13-17/h5,7,9,13-15,18H,3-4,6,8,10-12,16H2,1-2H3,(H,24,29)/t18-/m1/s1. The fourth-order valence-electron chi connectivity index (χ4n) is 3.70. The Morgan fingerprint density at radius 3 is 2.69 bits per heavy atom. The van der Waals surface area contributed by atoms with E-state index in [0.717, 1.165) is 50.1 Å². The van der Waals surface area contributed by atoms with Crippen LogP contribution in [0.1, 0.15) is 26.7 Å². The van der Waals surface area contributed by atoms with Crippen molar-refractivity contribution in [3.05, 3.63) is 42.5 Å². The van der Waals surface area contributed by atoms with E-state index in [1.807, 2.05) is 6.07 Å². The molecular weight excluding hydrogens is 369 g/mol. The Morgan fingerprint density at radius 2 is 2.00 bits per heavy atom. The lowest BCUT2D eigenvalue weighted by atomic mass is 9.97. The maximum absolute atomic E-state index is 13.4. The number of halogens is 1. The van der Waals surface area contributed by atoms with Gasteiger partial charge in [-0.3, -0.25) is 4.79 Å². The Labute approximate surface area is 172 Å². The van der Waals surface area contributed by atoms with Crippen LogP contribution in [0.5, 0.6) is 0 Å². The van der Waals surface area contributed by atoms with Crippen molar-refractivity contribution in [1.29, 1.82) is 0 Å². The third-order valence-corrected chi connectivity index (χ3v) is 5.49. The van der Waals surface area contributed by atoms with Crippen molar-refractivity contribution in [2.24, 2.45) is 5.92 Å². The number of carbonyl (C=O) groups is 1. The zero-order valence-electron chi connectivity index (χ0n) is 17.3. The Hall–Kier alpha value is -2.54. The van der Waals surface area contributed by atoms with Crippen molar-refractivity contribution in [3.63, 3.8) is 0 Å². The van der Waals surface area contributed by atoms with E-state index in [1.165, 1.54) is 12.1 Å². The fraction of sp³-hybridized carbons (Fsp3) is 0.500. The van der Waals surface area contributed by atoms with Gasteiger partial charge < -0.3 is 15.1 Å². The summed E-state index contributed by atoms with van der Waals surface area (Å²) in [6.45, 7) is 9.25. The minimum absolute atomic E-state index is 0.0491.